The number of ether oxygens (including phenoxy) is 1. The van der Waals surface area contributed by atoms with Gasteiger partial charge in [-0.25, -0.2) is 0 Å². The van der Waals surface area contributed by atoms with Crippen LogP contribution in [0.1, 0.15) is 29.7 Å². The Labute approximate surface area is 90.3 Å². The van der Waals surface area contributed by atoms with Crippen molar-refractivity contribution in [1.29, 1.82) is 0 Å². The molecular formula is C12H18O3. The van der Waals surface area contributed by atoms with Crippen molar-refractivity contribution >= 4 is 0 Å². The van der Waals surface area contributed by atoms with Crippen molar-refractivity contribution in [3.63, 3.8) is 0 Å². The molecule has 2 unspecified atom stereocenters. The number of hydrogen-bond acceptors (Lipinski definition) is 3. The highest BCUT2D eigenvalue weighted by Crippen LogP contribution is 2.27. The minimum absolute atomic E-state index is 0.753. The molecule has 0 aromatic heterocycles. The minimum atomic E-state index is -0.838. The lowest BCUT2D eigenvalue weighted by Crippen LogP contribution is -2.15. The van der Waals surface area contributed by atoms with E-state index in [1.165, 1.54) is 0 Å². The maximum atomic E-state index is 9.78. The molecule has 0 aliphatic heterocycles. The zero-order valence-electron chi connectivity index (χ0n) is 9.61. The van der Waals surface area contributed by atoms with E-state index in [1.807, 2.05) is 26.0 Å². The van der Waals surface area contributed by atoms with Crippen LogP contribution < -0.4 is 4.74 Å². The molecule has 2 N–H and O–H groups in total. The van der Waals surface area contributed by atoms with Gasteiger partial charge in [0.15, 0.2) is 0 Å². The summed E-state index contributed by atoms with van der Waals surface area (Å²) in [5.41, 5.74) is 2.63. The van der Waals surface area contributed by atoms with Crippen molar-refractivity contribution in [2.24, 2.45) is 0 Å². The highest BCUT2D eigenvalue weighted by Gasteiger charge is 2.17. The maximum absolute atomic E-state index is 9.78. The Morgan fingerprint density at radius 2 is 1.73 bits per heavy atom. The maximum Gasteiger partial charge on any atom is 0.122 e. The molecule has 0 heterocycles. The number of hydrogen-bond donors (Lipinski definition) is 2. The lowest BCUT2D eigenvalue weighted by atomic mass is 9.97. The molecule has 0 saturated carbocycles. The van der Waals surface area contributed by atoms with Gasteiger partial charge in [0.1, 0.15) is 11.9 Å². The normalized spacial score (nSPS) is 14.8. The third-order valence-electron chi connectivity index (χ3n) is 2.56. The van der Waals surface area contributed by atoms with E-state index in [0.717, 1.165) is 22.4 Å². The van der Waals surface area contributed by atoms with Crippen molar-refractivity contribution in [3.8, 4) is 5.75 Å². The molecule has 0 spiro atoms. The Morgan fingerprint density at radius 1 is 1.13 bits per heavy atom. The zero-order valence-corrected chi connectivity index (χ0v) is 9.61. The molecule has 0 bridgehead atoms. The van der Waals surface area contributed by atoms with Crippen LogP contribution in [0.15, 0.2) is 12.1 Å². The van der Waals surface area contributed by atoms with Gasteiger partial charge in [-0.15, -0.1) is 0 Å². The first-order chi connectivity index (χ1) is 6.97. The molecule has 3 heteroatoms. The molecule has 0 aliphatic rings. The van der Waals surface area contributed by atoms with Crippen LogP contribution in [0, 0.1) is 13.8 Å². The summed E-state index contributed by atoms with van der Waals surface area (Å²) < 4.78 is 5.18. The van der Waals surface area contributed by atoms with E-state index >= 15 is 0 Å². The van der Waals surface area contributed by atoms with Crippen LogP contribution in [0.4, 0.5) is 0 Å². The molecule has 0 radical (unpaired) electrons. The molecule has 0 saturated heterocycles. The van der Waals surface area contributed by atoms with Crippen LogP contribution in [0.25, 0.3) is 0 Å². The Morgan fingerprint density at radius 3 is 2.20 bits per heavy atom. The SMILES string of the molecule is COc1cc(C)c(C(O)C(C)O)cc1C. The fourth-order valence-electron chi connectivity index (χ4n) is 1.61. The number of aryl methyl sites for hydroxylation is 2. The number of benzene rings is 1. The molecule has 1 aromatic carbocycles. The van der Waals surface area contributed by atoms with Crippen molar-refractivity contribution < 1.29 is 14.9 Å². The van der Waals surface area contributed by atoms with Crippen molar-refractivity contribution in [3.05, 3.63) is 28.8 Å². The third-order valence-corrected chi connectivity index (χ3v) is 2.56. The van der Waals surface area contributed by atoms with Crippen LogP contribution >= 0.6 is 0 Å². The summed E-state index contributed by atoms with van der Waals surface area (Å²) in [5.74, 6) is 0.800. The standard InChI is InChI=1S/C12H18O3/c1-7-6-11(15-4)8(2)5-10(7)12(14)9(3)13/h5-6,9,12-14H,1-4H3. The van der Waals surface area contributed by atoms with Crippen LogP contribution in [-0.2, 0) is 0 Å². The summed E-state index contributed by atoms with van der Waals surface area (Å²) in [6.45, 7) is 5.38. The molecule has 84 valence electrons. The van der Waals surface area contributed by atoms with Gasteiger partial charge in [-0.2, -0.15) is 0 Å². The molecule has 1 rings (SSSR count). The fourth-order valence-corrected chi connectivity index (χ4v) is 1.61. The lowest BCUT2D eigenvalue weighted by Gasteiger charge is -2.18. The minimum Gasteiger partial charge on any atom is -0.496 e. The number of rotatable bonds is 3. The van der Waals surface area contributed by atoms with Gasteiger partial charge >= 0.3 is 0 Å². The topological polar surface area (TPSA) is 49.7 Å². The first kappa shape index (κ1) is 12.0. The molecule has 0 fully saturated rings. The third kappa shape index (κ3) is 2.49. The second-order valence-electron chi connectivity index (χ2n) is 3.86. The number of aliphatic hydroxyl groups excluding tert-OH is 2. The van der Waals surface area contributed by atoms with Gasteiger partial charge in [0.05, 0.1) is 13.2 Å². The Balaban J connectivity index is 3.15. The Hall–Kier alpha value is -1.06. The molecular weight excluding hydrogens is 192 g/mol. The molecule has 3 nitrogen and oxygen atoms in total. The molecule has 15 heavy (non-hydrogen) atoms. The average Bonchev–Trinajstić information content (AvgIpc) is 2.19. The van der Waals surface area contributed by atoms with Gasteiger partial charge in [0, 0.05) is 0 Å². The van der Waals surface area contributed by atoms with Gasteiger partial charge in [-0.3, -0.25) is 0 Å². The highest BCUT2D eigenvalue weighted by molar-refractivity contribution is 5.42. The Kier molecular flexibility index (Phi) is 3.72. The predicted molar refractivity (Wildman–Crippen MR) is 59.1 cm³/mol. The first-order valence-electron chi connectivity index (χ1n) is 4.98. The largest absolute Gasteiger partial charge is 0.496 e. The van der Waals surface area contributed by atoms with Gasteiger partial charge < -0.3 is 14.9 Å². The van der Waals surface area contributed by atoms with Crippen LogP contribution in [0.5, 0.6) is 5.75 Å². The molecule has 2 atom stereocenters. The smallest absolute Gasteiger partial charge is 0.122 e. The average molecular weight is 210 g/mol. The molecule has 0 aliphatic carbocycles. The van der Waals surface area contributed by atoms with E-state index in [9.17, 15) is 10.2 Å². The van der Waals surface area contributed by atoms with Crippen LogP contribution in [0.3, 0.4) is 0 Å². The quantitative estimate of drug-likeness (QED) is 0.798. The van der Waals surface area contributed by atoms with E-state index in [2.05, 4.69) is 0 Å². The lowest BCUT2D eigenvalue weighted by molar-refractivity contribution is 0.0301. The number of methoxy groups -OCH3 is 1. The van der Waals surface area contributed by atoms with E-state index in [4.69, 9.17) is 4.74 Å². The van der Waals surface area contributed by atoms with Crippen LogP contribution in [0.2, 0.25) is 0 Å². The summed E-state index contributed by atoms with van der Waals surface area (Å²) in [7, 11) is 1.62. The first-order valence-corrected chi connectivity index (χ1v) is 4.98. The summed E-state index contributed by atoms with van der Waals surface area (Å²) in [4.78, 5) is 0. The molecule has 0 amide bonds. The van der Waals surface area contributed by atoms with Gasteiger partial charge in [-0.05, 0) is 49.6 Å². The summed E-state index contributed by atoms with van der Waals surface area (Å²) in [5, 5.41) is 19.1. The van der Waals surface area contributed by atoms with Crippen molar-refractivity contribution in [2.75, 3.05) is 7.11 Å². The van der Waals surface area contributed by atoms with E-state index in [1.54, 1.807) is 14.0 Å². The summed E-state index contributed by atoms with van der Waals surface area (Å²) in [6.07, 6.45) is -1.61. The van der Waals surface area contributed by atoms with E-state index in [-0.39, 0.29) is 0 Å². The monoisotopic (exact) mass is 210 g/mol. The fraction of sp³-hybridized carbons (Fsp3) is 0.500. The Bertz CT molecular complexity index is 345. The van der Waals surface area contributed by atoms with Crippen molar-refractivity contribution in [2.45, 2.75) is 33.0 Å². The predicted octanol–water partition coefficient (Wildman–Crippen LogP) is 1.73. The second-order valence-corrected chi connectivity index (χ2v) is 3.86. The summed E-state index contributed by atoms with van der Waals surface area (Å²) >= 11 is 0. The van der Waals surface area contributed by atoms with Gasteiger partial charge in [0.2, 0.25) is 0 Å². The zero-order chi connectivity index (χ0) is 11.6. The van der Waals surface area contributed by atoms with Gasteiger partial charge in [0.25, 0.3) is 0 Å². The number of aliphatic hydroxyl groups is 2. The van der Waals surface area contributed by atoms with Crippen molar-refractivity contribution in [1.82, 2.24) is 0 Å². The van der Waals surface area contributed by atoms with Gasteiger partial charge in [-0.1, -0.05) is 0 Å². The van der Waals surface area contributed by atoms with Crippen LogP contribution in [-0.4, -0.2) is 23.4 Å². The van der Waals surface area contributed by atoms with E-state index < -0.39 is 12.2 Å². The summed E-state index contributed by atoms with van der Waals surface area (Å²) in [6, 6.07) is 3.72. The highest BCUT2D eigenvalue weighted by atomic mass is 16.5. The molecule has 1 aromatic rings. The second kappa shape index (κ2) is 4.64. The van der Waals surface area contributed by atoms with E-state index in [0.29, 0.717) is 0 Å².